The smallest absolute Gasteiger partial charge is 0.320 e. The van der Waals surface area contributed by atoms with Crippen molar-refractivity contribution < 1.29 is 9.53 Å². The van der Waals surface area contributed by atoms with Crippen molar-refractivity contribution in [1.29, 1.82) is 0 Å². The van der Waals surface area contributed by atoms with Gasteiger partial charge in [-0.05, 0) is 35.5 Å². The molecule has 0 saturated carbocycles. The van der Waals surface area contributed by atoms with Crippen LogP contribution in [0.4, 0.5) is 0 Å². The zero-order valence-corrected chi connectivity index (χ0v) is 11.9. The Morgan fingerprint density at radius 1 is 1.56 bits per heavy atom. The second-order valence-electron chi connectivity index (χ2n) is 3.34. The van der Waals surface area contributed by atoms with Crippen molar-refractivity contribution in [1.82, 2.24) is 4.90 Å². The minimum absolute atomic E-state index is 0.153. The van der Waals surface area contributed by atoms with Crippen LogP contribution in [0.5, 0.6) is 0 Å². The molecule has 0 radical (unpaired) electrons. The first-order valence-electron chi connectivity index (χ1n) is 5.26. The quantitative estimate of drug-likeness (QED) is 0.757. The summed E-state index contributed by atoms with van der Waals surface area (Å²) < 4.78 is 6.03. The van der Waals surface area contributed by atoms with Crippen molar-refractivity contribution in [2.75, 3.05) is 19.7 Å². The van der Waals surface area contributed by atoms with Gasteiger partial charge in [0.25, 0.3) is 0 Å². The molecule has 0 aliphatic rings. The number of hydrogen-bond acceptors (Lipinski definition) is 4. The average molecular weight is 306 g/mol. The summed E-state index contributed by atoms with van der Waals surface area (Å²) in [5.41, 5.74) is 0. The van der Waals surface area contributed by atoms with Crippen molar-refractivity contribution in [3.8, 4) is 0 Å². The van der Waals surface area contributed by atoms with Crippen molar-refractivity contribution in [2.45, 2.75) is 20.4 Å². The van der Waals surface area contributed by atoms with Crippen LogP contribution in [0.3, 0.4) is 0 Å². The van der Waals surface area contributed by atoms with Gasteiger partial charge < -0.3 is 4.74 Å². The van der Waals surface area contributed by atoms with Crippen molar-refractivity contribution in [3.63, 3.8) is 0 Å². The van der Waals surface area contributed by atoms with E-state index >= 15 is 0 Å². The van der Waals surface area contributed by atoms with Crippen LogP contribution in [0.15, 0.2) is 15.9 Å². The summed E-state index contributed by atoms with van der Waals surface area (Å²) in [4.78, 5) is 14.7. The van der Waals surface area contributed by atoms with Gasteiger partial charge in [-0.25, -0.2) is 0 Å². The average Bonchev–Trinajstić information content (AvgIpc) is 2.63. The maximum absolute atomic E-state index is 11.3. The summed E-state index contributed by atoms with van der Waals surface area (Å²) in [6.07, 6.45) is 0. The highest BCUT2D eigenvalue weighted by atomic mass is 79.9. The van der Waals surface area contributed by atoms with Gasteiger partial charge in [0.05, 0.1) is 13.2 Å². The molecule has 0 atom stereocenters. The number of rotatable bonds is 6. The summed E-state index contributed by atoms with van der Waals surface area (Å²) >= 11 is 5.11. The van der Waals surface area contributed by atoms with Crippen LogP contribution in [-0.4, -0.2) is 30.6 Å². The molecule has 1 aromatic rings. The Hall–Kier alpha value is -0.390. The van der Waals surface area contributed by atoms with E-state index in [1.807, 2.05) is 19.2 Å². The molecule has 0 spiro atoms. The molecule has 16 heavy (non-hydrogen) atoms. The minimum atomic E-state index is -0.153. The Balaban J connectivity index is 2.45. The summed E-state index contributed by atoms with van der Waals surface area (Å²) in [5, 5.41) is 2.05. The van der Waals surface area contributed by atoms with Gasteiger partial charge in [0.15, 0.2) is 0 Å². The van der Waals surface area contributed by atoms with Gasteiger partial charge in [-0.2, -0.15) is 0 Å². The number of carbonyl (C=O) groups is 1. The Kier molecular flexibility index (Phi) is 6.01. The Morgan fingerprint density at radius 3 is 2.81 bits per heavy atom. The Labute approximate surface area is 109 Å². The third kappa shape index (κ3) is 4.63. The van der Waals surface area contributed by atoms with Crippen LogP contribution in [0.2, 0.25) is 0 Å². The molecule has 1 rings (SSSR count). The second kappa shape index (κ2) is 7.04. The third-order valence-corrected chi connectivity index (χ3v) is 3.79. The Bertz CT molecular complexity index is 340. The van der Waals surface area contributed by atoms with Gasteiger partial charge >= 0.3 is 5.97 Å². The lowest BCUT2D eigenvalue weighted by atomic mass is 10.4. The molecule has 0 aromatic carbocycles. The lowest BCUT2D eigenvalue weighted by Gasteiger charge is -2.18. The fourth-order valence-electron chi connectivity index (χ4n) is 1.33. The van der Waals surface area contributed by atoms with Crippen LogP contribution in [0.25, 0.3) is 0 Å². The molecule has 1 heterocycles. The van der Waals surface area contributed by atoms with E-state index in [2.05, 4.69) is 26.9 Å². The van der Waals surface area contributed by atoms with E-state index in [-0.39, 0.29) is 5.97 Å². The zero-order chi connectivity index (χ0) is 12.0. The van der Waals surface area contributed by atoms with E-state index in [9.17, 15) is 4.79 Å². The van der Waals surface area contributed by atoms with Crippen LogP contribution >= 0.6 is 27.3 Å². The Morgan fingerprint density at radius 2 is 2.31 bits per heavy atom. The van der Waals surface area contributed by atoms with E-state index in [0.29, 0.717) is 13.2 Å². The summed E-state index contributed by atoms with van der Waals surface area (Å²) in [5.74, 6) is -0.153. The molecule has 90 valence electrons. The molecule has 3 nitrogen and oxygen atoms in total. The number of nitrogens with zero attached hydrogens (tertiary/aromatic N) is 1. The molecule has 0 amide bonds. The molecule has 0 fully saturated rings. The van der Waals surface area contributed by atoms with Gasteiger partial charge in [0.1, 0.15) is 0 Å². The number of halogens is 1. The molecule has 0 saturated heterocycles. The number of thiophene rings is 1. The van der Waals surface area contributed by atoms with Crippen molar-refractivity contribution in [2.24, 2.45) is 0 Å². The number of likely N-dealkylation sites (N-methyl/N-ethyl adjacent to an activating group) is 1. The van der Waals surface area contributed by atoms with E-state index < -0.39 is 0 Å². The number of hydrogen-bond donors (Lipinski definition) is 0. The number of ether oxygens (including phenoxy) is 1. The normalized spacial score (nSPS) is 10.8. The van der Waals surface area contributed by atoms with Crippen LogP contribution in [-0.2, 0) is 16.1 Å². The van der Waals surface area contributed by atoms with Gasteiger partial charge in [0.2, 0.25) is 0 Å². The topological polar surface area (TPSA) is 29.5 Å². The minimum Gasteiger partial charge on any atom is -0.465 e. The van der Waals surface area contributed by atoms with Gasteiger partial charge in [-0.15, -0.1) is 11.3 Å². The summed E-state index contributed by atoms with van der Waals surface area (Å²) in [7, 11) is 0. The maximum Gasteiger partial charge on any atom is 0.320 e. The molecule has 0 bridgehead atoms. The molecule has 0 aliphatic heterocycles. The van der Waals surface area contributed by atoms with Crippen LogP contribution < -0.4 is 0 Å². The molecule has 5 heteroatoms. The van der Waals surface area contributed by atoms with E-state index in [4.69, 9.17) is 4.74 Å². The van der Waals surface area contributed by atoms with Crippen LogP contribution in [0.1, 0.15) is 18.7 Å². The van der Waals surface area contributed by atoms with E-state index in [1.54, 1.807) is 11.3 Å². The second-order valence-corrected chi connectivity index (χ2v) is 5.25. The first-order chi connectivity index (χ1) is 7.65. The highest BCUT2D eigenvalue weighted by molar-refractivity contribution is 9.10. The molecule has 0 unspecified atom stereocenters. The molecular weight excluding hydrogens is 290 g/mol. The molecular formula is C11H16BrNO2S. The SMILES string of the molecule is CCOC(=O)CN(CC)Cc1cc(Br)cs1. The van der Waals surface area contributed by atoms with Gasteiger partial charge in [-0.1, -0.05) is 6.92 Å². The first-order valence-corrected chi connectivity index (χ1v) is 6.93. The van der Waals surface area contributed by atoms with Crippen molar-refractivity contribution >= 4 is 33.2 Å². The zero-order valence-electron chi connectivity index (χ0n) is 9.53. The summed E-state index contributed by atoms with van der Waals surface area (Å²) in [6, 6.07) is 2.08. The van der Waals surface area contributed by atoms with E-state index in [0.717, 1.165) is 17.6 Å². The highest BCUT2D eigenvalue weighted by Crippen LogP contribution is 2.21. The predicted octanol–water partition coefficient (Wildman–Crippen LogP) is 2.90. The van der Waals surface area contributed by atoms with Crippen LogP contribution in [0, 0.1) is 0 Å². The fourth-order valence-corrected chi connectivity index (χ4v) is 2.82. The van der Waals surface area contributed by atoms with E-state index in [1.165, 1.54) is 4.88 Å². The van der Waals surface area contributed by atoms with Gasteiger partial charge in [0, 0.05) is 21.3 Å². The van der Waals surface area contributed by atoms with Gasteiger partial charge in [-0.3, -0.25) is 9.69 Å². The standard InChI is InChI=1S/C11H16BrNO2S/c1-3-13(7-11(14)15-4-2)6-10-5-9(12)8-16-10/h5,8H,3-4,6-7H2,1-2H3. The lowest BCUT2D eigenvalue weighted by Crippen LogP contribution is -2.30. The lowest BCUT2D eigenvalue weighted by molar-refractivity contribution is -0.144. The summed E-state index contributed by atoms with van der Waals surface area (Å²) in [6.45, 7) is 6.31. The molecule has 0 N–H and O–H groups in total. The fraction of sp³-hybridized carbons (Fsp3) is 0.545. The third-order valence-electron chi connectivity index (χ3n) is 2.11. The molecule has 0 aliphatic carbocycles. The number of carbonyl (C=O) groups excluding carboxylic acids is 1. The monoisotopic (exact) mass is 305 g/mol. The number of esters is 1. The first kappa shape index (κ1) is 13.7. The predicted molar refractivity (Wildman–Crippen MR) is 69.6 cm³/mol. The maximum atomic E-state index is 11.3. The largest absolute Gasteiger partial charge is 0.465 e. The molecule has 1 aromatic heterocycles. The highest BCUT2D eigenvalue weighted by Gasteiger charge is 2.11. The van der Waals surface area contributed by atoms with Crippen molar-refractivity contribution in [3.05, 3.63) is 20.8 Å².